The largest absolute Gasteiger partial charge is 0.495 e. The molecule has 3 rings (SSSR count). The molecule has 1 N–H and O–H groups in total. The van der Waals surface area contributed by atoms with Crippen LogP contribution in [0.2, 0.25) is 5.02 Å². The molecule has 0 radical (unpaired) electrons. The van der Waals surface area contributed by atoms with Crippen molar-refractivity contribution >= 4 is 38.9 Å². The highest BCUT2D eigenvalue weighted by atomic mass is 35.5. The minimum absolute atomic E-state index is 0.236. The number of carbonyl (C=O) groups excluding carboxylic acids is 1. The fourth-order valence-electron chi connectivity index (χ4n) is 3.08. The predicted octanol–water partition coefficient (Wildman–Crippen LogP) is 4.93. The molecule has 9 heteroatoms. The van der Waals surface area contributed by atoms with Crippen LogP contribution in [-0.2, 0) is 14.8 Å². The van der Waals surface area contributed by atoms with Crippen molar-refractivity contribution in [3.63, 3.8) is 0 Å². The number of benzene rings is 3. The number of carbonyl (C=O) groups is 1. The number of anilines is 2. The van der Waals surface area contributed by atoms with E-state index in [9.17, 15) is 13.2 Å². The van der Waals surface area contributed by atoms with E-state index in [4.69, 9.17) is 21.1 Å². The third kappa shape index (κ3) is 5.72. The summed E-state index contributed by atoms with van der Waals surface area (Å²) in [4.78, 5) is 12.9. The van der Waals surface area contributed by atoms with E-state index in [1.54, 1.807) is 30.3 Å². The summed E-state index contributed by atoms with van der Waals surface area (Å²) in [5.74, 6) is 1.20. The number of ether oxygens (including phenoxy) is 2. The first kappa shape index (κ1) is 23.4. The highest BCUT2D eigenvalue weighted by molar-refractivity contribution is 7.92. The van der Waals surface area contributed by atoms with Crippen molar-refractivity contribution in [2.45, 2.75) is 13.0 Å². The van der Waals surface area contributed by atoms with E-state index in [2.05, 4.69) is 5.32 Å². The Morgan fingerprint density at radius 1 is 1.00 bits per heavy atom. The quantitative estimate of drug-likeness (QED) is 0.500. The van der Waals surface area contributed by atoms with Crippen LogP contribution in [0.4, 0.5) is 11.4 Å². The molecule has 0 fully saturated rings. The van der Waals surface area contributed by atoms with Crippen LogP contribution in [0.15, 0.2) is 72.8 Å². The molecule has 168 valence electrons. The van der Waals surface area contributed by atoms with Gasteiger partial charge in [0.2, 0.25) is 15.9 Å². The standard InChI is InChI=1S/C23H23ClN2O5S/c1-16(26(32(3,28)29)18-11-14-22(30-2)21(24)15-18)23(27)25-17-9-12-20(13-10-17)31-19-7-5-4-6-8-19/h4-16H,1-3H3,(H,25,27)/t16-/m1/s1. The zero-order valence-corrected chi connectivity index (χ0v) is 19.4. The Bertz CT molecular complexity index is 1180. The highest BCUT2D eigenvalue weighted by Crippen LogP contribution is 2.31. The van der Waals surface area contributed by atoms with E-state index in [1.807, 2.05) is 30.3 Å². The molecular formula is C23H23ClN2O5S. The van der Waals surface area contributed by atoms with Crippen molar-refractivity contribution in [3.8, 4) is 17.2 Å². The third-order valence-corrected chi connectivity index (χ3v) is 6.12. The van der Waals surface area contributed by atoms with E-state index < -0.39 is 22.0 Å². The van der Waals surface area contributed by atoms with Crippen molar-refractivity contribution in [3.05, 3.63) is 77.8 Å². The molecule has 7 nitrogen and oxygen atoms in total. The van der Waals surface area contributed by atoms with Crippen LogP contribution in [-0.4, -0.2) is 33.7 Å². The third-order valence-electron chi connectivity index (χ3n) is 4.58. The van der Waals surface area contributed by atoms with Crippen molar-refractivity contribution in [2.75, 3.05) is 23.0 Å². The summed E-state index contributed by atoms with van der Waals surface area (Å²) in [5, 5.41) is 2.97. The number of nitrogens with zero attached hydrogens (tertiary/aromatic N) is 1. The first-order valence-corrected chi connectivity index (χ1v) is 11.9. The van der Waals surface area contributed by atoms with Gasteiger partial charge in [-0.25, -0.2) is 8.42 Å². The molecular weight excluding hydrogens is 452 g/mol. The Hall–Kier alpha value is -3.23. The van der Waals surface area contributed by atoms with Gasteiger partial charge in [-0.2, -0.15) is 0 Å². The molecule has 32 heavy (non-hydrogen) atoms. The molecule has 3 aromatic rings. The maximum atomic E-state index is 12.9. The van der Waals surface area contributed by atoms with Crippen molar-refractivity contribution < 1.29 is 22.7 Å². The van der Waals surface area contributed by atoms with E-state index in [-0.39, 0.29) is 10.7 Å². The molecule has 1 atom stereocenters. The summed E-state index contributed by atoms with van der Waals surface area (Å²) in [6, 6.07) is 19.6. The first-order valence-electron chi connectivity index (χ1n) is 9.66. The van der Waals surface area contributed by atoms with Gasteiger partial charge in [-0.3, -0.25) is 9.10 Å². The summed E-state index contributed by atoms with van der Waals surface area (Å²) in [5.41, 5.74) is 0.760. The molecule has 3 aromatic carbocycles. The second kappa shape index (κ2) is 9.93. The zero-order chi connectivity index (χ0) is 23.3. The van der Waals surface area contributed by atoms with Gasteiger partial charge in [-0.05, 0) is 61.5 Å². The molecule has 0 unspecified atom stereocenters. The number of methoxy groups -OCH3 is 1. The van der Waals surface area contributed by atoms with Gasteiger partial charge in [0.1, 0.15) is 23.3 Å². The number of nitrogens with one attached hydrogen (secondary N) is 1. The van der Waals surface area contributed by atoms with Crippen LogP contribution in [0.1, 0.15) is 6.92 Å². The minimum atomic E-state index is -3.78. The lowest BCUT2D eigenvalue weighted by molar-refractivity contribution is -0.116. The summed E-state index contributed by atoms with van der Waals surface area (Å²) in [7, 11) is -2.32. The Balaban J connectivity index is 1.75. The number of halogens is 1. The van der Waals surface area contributed by atoms with Gasteiger partial charge in [0.15, 0.2) is 0 Å². The zero-order valence-electron chi connectivity index (χ0n) is 17.8. The molecule has 0 spiro atoms. The summed E-state index contributed by atoms with van der Waals surface area (Å²) >= 11 is 6.15. The van der Waals surface area contributed by atoms with E-state index in [0.29, 0.717) is 22.9 Å². The number of para-hydroxylation sites is 1. The maximum absolute atomic E-state index is 12.9. The SMILES string of the molecule is COc1ccc(N([C@H](C)C(=O)Nc2ccc(Oc3ccccc3)cc2)S(C)(=O)=O)cc1Cl. The molecule has 0 heterocycles. The molecule has 0 aliphatic carbocycles. The predicted molar refractivity (Wildman–Crippen MR) is 126 cm³/mol. The molecule has 0 aromatic heterocycles. The molecule has 0 saturated heterocycles. The Kier molecular flexibility index (Phi) is 7.27. The van der Waals surface area contributed by atoms with E-state index in [1.165, 1.54) is 26.2 Å². The molecule has 0 bridgehead atoms. The normalized spacial score (nSPS) is 12.0. The molecule has 0 aliphatic rings. The molecule has 0 aliphatic heterocycles. The lowest BCUT2D eigenvalue weighted by Gasteiger charge is -2.28. The van der Waals surface area contributed by atoms with Crippen LogP contribution < -0.4 is 19.1 Å². The number of sulfonamides is 1. The van der Waals surface area contributed by atoms with Crippen molar-refractivity contribution in [1.29, 1.82) is 0 Å². The van der Waals surface area contributed by atoms with E-state index in [0.717, 1.165) is 10.6 Å². The topological polar surface area (TPSA) is 84.9 Å². The minimum Gasteiger partial charge on any atom is -0.495 e. The summed E-state index contributed by atoms with van der Waals surface area (Å²) < 4.78 is 36.8. The summed E-state index contributed by atoms with van der Waals surface area (Å²) in [6.07, 6.45) is 1.03. The number of hydrogen-bond acceptors (Lipinski definition) is 5. The lowest BCUT2D eigenvalue weighted by Crippen LogP contribution is -2.45. The van der Waals surface area contributed by atoms with Gasteiger partial charge < -0.3 is 14.8 Å². The smallest absolute Gasteiger partial charge is 0.247 e. The van der Waals surface area contributed by atoms with Gasteiger partial charge in [-0.1, -0.05) is 29.8 Å². The van der Waals surface area contributed by atoms with Gasteiger partial charge in [0.25, 0.3) is 0 Å². The van der Waals surface area contributed by atoms with Crippen LogP contribution in [0.3, 0.4) is 0 Å². The number of rotatable bonds is 8. The fraction of sp³-hybridized carbons (Fsp3) is 0.174. The highest BCUT2D eigenvalue weighted by Gasteiger charge is 2.29. The Morgan fingerprint density at radius 2 is 1.62 bits per heavy atom. The van der Waals surface area contributed by atoms with Gasteiger partial charge >= 0.3 is 0 Å². The monoisotopic (exact) mass is 474 g/mol. The second-order valence-corrected chi connectivity index (χ2v) is 9.25. The van der Waals surface area contributed by atoms with Gasteiger partial charge in [0, 0.05) is 5.69 Å². The fourth-order valence-corrected chi connectivity index (χ4v) is 4.50. The van der Waals surface area contributed by atoms with E-state index >= 15 is 0 Å². The average Bonchev–Trinajstić information content (AvgIpc) is 2.75. The van der Waals surface area contributed by atoms with Crippen LogP contribution >= 0.6 is 11.6 Å². The van der Waals surface area contributed by atoms with Gasteiger partial charge in [-0.15, -0.1) is 0 Å². The van der Waals surface area contributed by atoms with Crippen molar-refractivity contribution in [1.82, 2.24) is 0 Å². The Morgan fingerprint density at radius 3 is 2.19 bits per heavy atom. The molecule has 0 saturated carbocycles. The molecule has 1 amide bonds. The van der Waals surface area contributed by atoms with Gasteiger partial charge in [0.05, 0.1) is 24.1 Å². The average molecular weight is 475 g/mol. The lowest BCUT2D eigenvalue weighted by atomic mass is 10.2. The van der Waals surface area contributed by atoms with Crippen LogP contribution in [0.25, 0.3) is 0 Å². The second-order valence-electron chi connectivity index (χ2n) is 6.98. The van der Waals surface area contributed by atoms with Crippen LogP contribution in [0, 0.1) is 0 Å². The Labute approximate surface area is 192 Å². The van der Waals surface area contributed by atoms with Crippen LogP contribution in [0.5, 0.6) is 17.2 Å². The summed E-state index contributed by atoms with van der Waals surface area (Å²) in [6.45, 7) is 1.50. The number of hydrogen-bond donors (Lipinski definition) is 1. The maximum Gasteiger partial charge on any atom is 0.247 e. The number of amides is 1. The van der Waals surface area contributed by atoms with Crippen molar-refractivity contribution in [2.24, 2.45) is 0 Å². The first-order chi connectivity index (χ1) is 15.2.